The van der Waals surface area contributed by atoms with Crippen LogP contribution in [0.3, 0.4) is 0 Å². The second-order valence-electron chi connectivity index (χ2n) is 10.3. The van der Waals surface area contributed by atoms with Gasteiger partial charge in [0.25, 0.3) is 0 Å². The summed E-state index contributed by atoms with van der Waals surface area (Å²) in [5.74, 6) is 0.331. The Balaban J connectivity index is 1.94. The van der Waals surface area contributed by atoms with Gasteiger partial charge in [-0.1, -0.05) is 72.9 Å². The highest BCUT2D eigenvalue weighted by atomic mass is 16.5. The molecule has 0 aliphatic heterocycles. The van der Waals surface area contributed by atoms with Crippen molar-refractivity contribution >= 4 is 0 Å². The van der Waals surface area contributed by atoms with Gasteiger partial charge in [-0.05, 0) is 99.9 Å². The fourth-order valence-corrected chi connectivity index (χ4v) is 5.63. The highest BCUT2D eigenvalue weighted by molar-refractivity contribution is 5.46. The zero-order valence-corrected chi connectivity index (χ0v) is 21.5. The SMILES string of the molecule is Cc1ccc(C(C)(OC(C)(c2ccc(C)c(C)c2C)C2C=CC=C2)C2C=CC=C2)c(C)c1C. The molecule has 0 bridgehead atoms. The molecule has 0 fully saturated rings. The third kappa shape index (κ3) is 3.87. The molecule has 0 amide bonds. The summed E-state index contributed by atoms with van der Waals surface area (Å²) in [4.78, 5) is 0. The van der Waals surface area contributed by atoms with Crippen molar-refractivity contribution in [3.8, 4) is 0 Å². The van der Waals surface area contributed by atoms with Crippen molar-refractivity contribution in [1.29, 1.82) is 0 Å². The largest absolute Gasteiger partial charge is 0.358 e. The van der Waals surface area contributed by atoms with E-state index in [1.165, 1.54) is 44.5 Å². The number of hydrogen-bond donors (Lipinski definition) is 0. The summed E-state index contributed by atoms with van der Waals surface area (Å²) in [5, 5.41) is 0. The lowest BCUT2D eigenvalue weighted by atomic mass is 9.75. The molecule has 2 aliphatic rings. The number of hydrogen-bond acceptors (Lipinski definition) is 1. The zero-order chi connectivity index (χ0) is 24.0. The Hall–Kier alpha value is -2.64. The number of rotatable bonds is 6. The van der Waals surface area contributed by atoms with Crippen molar-refractivity contribution in [3.63, 3.8) is 0 Å². The maximum atomic E-state index is 7.51. The van der Waals surface area contributed by atoms with E-state index in [2.05, 4.69) is 128 Å². The maximum absolute atomic E-state index is 7.51. The van der Waals surface area contributed by atoms with Crippen LogP contribution in [0, 0.1) is 53.4 Å². The molecule has 4 rings (SSSR count). The van der Waals surface area contributed by atoms with E-state index in [1.54, 1.807) is 0 Å². The first-order valence-corrected chi connectivity index (χ1v) is 12.1. The van der Waals surface area contributed by atoms with Crippen molar-refractivity contribution in [1.82, 2.24) is 0 Å². The first-order valence-electron chi connectivity index (χ1n) is 12.1. The zero-order valence-electron chi connectivity index (χ0n) is 21.5. The van der Waals surface area contributed by atoms with Crippen LogP contribution in [0.4, 0.5) is 0 Å². The summed E-state index contributed by atoms with van der Waals surface area (Å²) in [6.45, 7) is 17.9. The molecule has 2 aromatic carbocycles. The van der Waals surface area contributed by atoms with E-state index < -0.39 is 11.2 Å². The van der Waals surface area contributed by atoms with E-state index in [1.807, 2.05) is 0 Å². The molecule has 0 aromatic heterocycles. The lowest BCUT2D eigenvalue weighted by molar-refractivity contribution is -0.175. The van der Waals surface area contributed by atoms with E-state index in [-0.39, 0.29) is 11.8 Å². The molecule has 1 heteroatoms. The summed E-state index contributed by atoms with van der Waals surface area (Å²) in [6, 6.07) is 9.06. The van der Waals surface area contributed by atoms with E-state index in [0.717, 1.165) is 0 Å². The lowest BCUT2D eigenvalue weighted by Gasteiger charge is -2.47. The van der Waals surface area contributed by atoms with Gasteiger partial charge in [-0.15, -0.1) is 0 Å². The highest BCUT2D eigenvalue weighted by Crippen LogP contribution is 2.49. The number of allylic oxidation sites excluding steroid dienone is 4. The van der Waals surface area contributed by atoms with Crippen LogP contribution in [-0.4, -0.2) is 0 Å². The molecule has 0 N–H and O–H groups in total. The molecule has 0 saturated carbocycles. The number of ether oxygens (including phenoxy) is 1. The quantitative estimate of drug-likeness (QED) is 0.442. The Bertz CT molecular complexity index is 1070. The molecule has 2 unspecified atom stereocenters. The van der Waals surface area contributed by atoms with Crippen LogP contribution in [0.2, 0.25) is 0 Å². The van der Waals surface area contributed by atoms with Crippen LogP contribution in [0.1, 0.15) is 58.4 Å². The standard InChI is InChI=1S/C32H38O/c1-21-17-19-29(25(5)23(21)3)31(7,27-13-9-10-14-27)33-32(8,28-15-11-12-16-28)30-20-18-22(2)24(4)26(30)6/h9-20,27-28H,1-8H3. The van der Waals surface area contributed by atoms with Gasteiger partial charge in [0, 0.05) is 11.8 Å². The second kappa shape index (κ2) is 8.61. The average Bonchev–Trinajstić information content (AvgIpc) is 3.50. The van der Waals surface area contributed by atoms with Crippen molar-refractivity contribution < 1.29 is 4.74 Å². The molecule has 1 nitrogen and oxygen atoms in total. The van der Waals surface area contributed by atoms with Crippen molar-refractivity contribution in [2.24, 2.45) is 11.8 Å². The van der Waals surface area contributed by atoms with E-state index in [4.69, 9.17) is 4.74 Å². The third-order valence-electron chi connectivity index (χ3n) is 8.38. The molecule has 2 aromatic rings. The van der Waals surface area contributed by atoms with Crippen molar-refractivity contribution in [2.75, 3.05) is 0 Å². The van der Waals surface area contributed by atoms with Crippen LogP contribution in [0.15, 0.2) is 72.9 Å². The Morgan fingerprint density at radius 1 is 0.515 bits per heavy atom. The summed E-state index contributed by atoms with van der Waals surface area (Å²) >= 11 is 0. The molecule has 0 heterocycles. The third-order valence-corrected chi connectivity index (χ3v) is 8.38. The Morgan fingerprint density at radius 3 is 1.18 bits per heavy atom. The van der Waals surface area contributed by atoms with Crippen LogP contribution in [-0.2, 0) is 15.9 Å². The molecule has 2 aliphatic carbocycles. The second-order valence-corrected chi connectivity index (χ2v) is 10.3. The fourth-order valence-electron chi connectivity index (χ4n) is 5.63. The molecule has 0 radical (unpaired) electrons. The minimum absolute atomic E-state index is 0.166. The Morgan fingerprint density at radius 2 is 0.848 bits per heavy atom. The van der Waals surface area contributed by atoms with Crippen molar-refractivity contribution in [3.05, 3.63) is 117 Å². The Labute approximate surface area is 200 Å². The van der Waals surface area contributed by atoms with E-state index in [9.17, 15) is 0 Å². The van der Waals surface area contributed by atoms with Crippen LogP contribution >= 0.6 is 0 Å². The van der Waals surface area contributed by atoms with Crippen LogP contribution in [0.25, 0.3) is 0 Å². The maximum Gasteiger partial charge on any atom is 0.101 e. The molecule has 2 atom stereocenters. The highest BCUT2D eigenvalue weighted by Gasteiger charge is 2.47. The smallest absolute Gasteiger partial charge is 0.101 e. The molecule has 172 valence electrons. The molecule has 0 saturated heterocycles. The van der Waals surface area contributed by atoms with Gasteiger partial charge in [-0.2, -0.15) is 0 Å². The van der Waals surface area contributed by atoms with Gasteiger partial charge in [-0.25, -0.2) is 0 Å². The van der Waals surface area contributed by atoms with Gasteiger partial charge >= 0.3 is 0 Å². The summed E-state index contributed by atoms with van der Waals surface area (Å²) in [5.41, 5.74) is 9.49. The van der Waals surface area contributed by atoms with Crippen LogP contribution in [0.5, 0.6) is 0 Å². The summed E-state index contributed by atoms with van der Waals surface area (Å²) in [6.07, 6.45) is 17.7. The van der Waals surface area contributed by atoms with E-state index >= 15 is 0 Å². The minimum atomic E-state index is -0.518. The predicted molar refractivity (Wildman–Crippen MR) is 141 cm³/mol. The molecule has 33 heavy (non-hydrogen) atoms. The average molecular weight is 439 g/mol. The summed E-state index contributed by atoms with van der Waals surface area (Å²) < 4.78 is 7.51. The summed E-state index contributed by atoms with van der Waals surface area (Å²) in [7, 11) is 0. The van der Waals surface area contributed by atoms with E-state index in [0.29, 0.717) is 0 Å². The van der Waals surface area contributed by atoms with Gasteiger partial charge in [-0.3, -0.25) is 0 Å². The first-order chi connectivity index (χ1) is 15.6. The molecular weight excluding hydrogens is 400 g/mol. The van der Waals surface area contributed by atoms with Gasteiger partial charge in [0.05, 0.1) is 0 Å². The van der Waals surface area contributed by atoms with Gasteiger partial charge in [0.15, 0.2) is 0 Å². The first kappa shape index (κ1) is 23.5. The normalized spacial score (nSPS) is 19.4. The topological polar surface area (TPSA) is 9.23 Å². The molecule has 0 spiro atoms. The van der Waals surface area contributed by atoms with Crippen molar-refractivity contribution in [2.45, 2.75) is 66.6 Å². The van der Waals surface area contributed by atoms with Crippen LogP contribution < -0.4 is 0 Å². The van der Waals surface area contributed by atoms with Gasteiger partial charge in [0.2, 0.25) is 0 Å². The predicted octanol–water partition coefficient (Wildman–Crippen LogP) is 8.17. The lowest BCUT2D eigenvalue weighted by Crippen LogP contribution is -2.45. The molecular formula is C32H38O. The van der Waals surface area contributed by atoms with Gasteiger partial charge < -0.3 is 4.74 Å². The number of aryl methyl sites for hydroxylation is 2. The number of benzene rings is 2. The van der Waals surface area contributed by atoms with Gasteiger partial charge in [0.1, 0.15) is 11.2 Å². The Kier molecular flexibility index (Phi) is 6.14. The monoisotopic (exact) mass is 438 g/mol. The minimum Gasteiger partial charge on any atom is -0.358 e. The fraction of sp³-hybridized carbons (Fsp3) is 0.375.